The molecule has 66 valence electrons. The zero-order chi connectivity index (χ0) is 9.26. The molecular weight excluding hydrogens is 202 g/mol. The number of benzene rings is 1. The van der Waals surface area contributed by atoms with Crippen LogP contribution in [0, 0.1) is 6.92 Å². The second-order valence-corrected chi connectivity index (χ2v) is 3.98. The topological polar surface area (TPSA) is 12.9 Å². The number of aryl methyl sites for hydroxylation is 1. The third-order valence-electron chi connectivity index (χ3n) is 1.83. The number of rotatable bonds is 1. The Kier molecular flexibility index (Phi) is 2.34. The Hall–Kier alpha value is -0.860. The molecule has 0 aliphatic rings. The fraction of sp³-hybridized carbons (Fsp3) is 0.100. The summed E-state index contributed by atoms with van der Waals surface area (Å²) >= 11 is 7.63. The number of halogens is 1. The average Bonchev–Trinajstić information content (AvgIpc) is 2.61. The first-order valence-corrected chi connectivity index (χ1v) is 5.24. The van der Waals surface area contributed by atoms with Crippen molar-refractivity contribution in [1.82, 2.24) is 4.98 Å². The molecular formula is C10H8ClNS. The normalized spacial score (nSPS) is 10.3. The molecule has 0 saturated carbocycles. The van der Waals surface area contributed by atoms with Crippen LogP contribution in [0.5, 0.6) is 0 Å². The molecule has 0 saturated heterocycles. The minimum Gasteiger partial charge on any atom is -0.245 e. The van der Waals surface area contributed by atoms with Crippen molar-refractivity contribution in [2.45, 2.75) is 6.92 Å². The number of aromatic nitrogens is 1. The fourth-order valence-corrected chi connectivity index (χ4v) is 1.95. The first kappa shape index (κ1) is 8.73. The summed E-state index contributed by atoms with van der Waals surface area (Å²) in [4.78, 5) is 4.22. The molecule has 13 heavy (non-hydrogen) atoms. The van der Waals surface area contributed by atoms with Crippen LogP contribution >= 0.6 is 22.9 Å². The van der Waals surface area contributed by atoms with Gasteiger partial charge in [-0.2, -0.15) is 0 Å². The number of nitrogens with zero attached hydrogens (tertiary/aromatic N) is 1. The number of hydrogen-bond acceptors (Lipinski definition) is 2. The molecule has 0 bridgehead atoms. The third kappa shape index (κ3) is 1.74. The van der Waals surface area contributed by atoms with Crippen molar-refractivity contribution in [2.75, 3.05) is 0 Å². The summed E-state index contributed by atoms with van der Waals surface area (Å²) in [5.41, 5.74) is 4.99. The lowest BCUT2D eigenvalue weighted by Crippen LogP contribution is -1.80. The maximum atomic E-state index is 6.05. The third-order valence-corrected chi connectivity index (χ3v) is 2.75. The predicted octanol–water partition coefficient (Wildman–Crippen LogP) is 3.77. The fourth-order valence-electron chi connectivity index (χ4n) is 1.18. The molecule has 3 heteroatoms. The molecule has 1 aromatic carbocycles. The summed E-state index contributed by atoms with van der Waals surface area (Å²) in [6.07, 6.45) is 0. The Morgan fingerprint density at radius 1 is 1.38 bits per heavy atom. The van der Waals surface area contributed by atoms with Crippen LogP contribution in [-0.2, 0) is 0 Å². The molecule has 0 fully saturated rings. The van der Waals surface area contributed by atoms with E-state index < -0.39 is 0 Å². The van der Waals surface area contributed by atoms with E-state index >= 15 is 0 Å². The van der Waals surface area contributed by atoms with E-state index in [0.29, 0.717) is 0 Å². The summed E-state index contributed by atoms with van der Waals surface area (Å²) < 4.78 is 0. The van der Waals surface area contributed by atoms with Gasteiger partial charge in [0, 0.05) is 10.9 Å². The van der Waals surface area contributed by atoms with Crippen molar-refractivity contribution in [3.05, 3.63) is 39.7 Å². The Morgan fingerprint density at radius 2 is 2.23 bits per heavy atom. The van der Waals surface area contributed by atoms with Crippen LogP contribution in [0.25, 0.3) is 11.3 Å². The van der Waals surface area contributed by atoms with Crippen molar-refractivity contribution in [3.8, 4) is 11.3 Å². The summed E-state index contributed by atoms with van der Waals surface area (Å²) in [7, 11) is 0. The van der Waals surface area contributed by atoms with Gasteiger partial charge in [0.15, 0.2) is 0 Å². The average molecular weight is 210 g/mol. The van der Waals surface area contributed by atoms with Crippen molar-refractivity contribution in [3.63, 3.8) is 0 Å². The minimum absolute atomic E-state index is 0.761. The highest BCUT2D eigenvalue weighted by atomic mass is 35.5. The van der Waals surface area contributed by atoms with Gasteiger partial charge in [0.25, 0.3) is 0 Å². The van der Waals surface area contributed by atoms with Crippen LogP contribution in [-0.4, -0.2) is 4.98 Å². The van der Waals surface area contributed by atoms with E-state index in [1.165, 1.54) is 5.56 Å². The molecule has 0 spiro atoms. The SMILES string of the molecule is Cc1ccc(Cl)c(-c2cscn2)c1. The van der Waals surface area contributed by atoms with Gasteiger partial charge >= 0.3 is 0 Å². The Balaban J connectivity index is 2.57. The maximum absolute atomic E-state index is 6.05. The van der Waals surface area contributed by atoms with Gasteiger partial charge < -0.3 is 0 Å². The lowest BCUT2D eigenvalue weighted by molar-refractivity contribution is 1.39. The molecule has 0 unspecified atom stereocenters. The molecule has 0 amide bonds. The monoisotopic (exact) mass is 209 g/mol. The molecule has 0 aliphatic carbocycles. The highest BCUT2D eigenvalue weighted by molar-refractivity contribution is 7.07. The van der Waals surface area contributed by atoms with E-state index in [9.17, 15) is 0 Å². The highest BCUT2D eigenvalue weighted by Crippen LogP contribution is 2.28. The quantitative estimate of drug-likeness (QED) is 0.697. The smallest absolute Gasteiger partial charge is 0.0826 e. The molecule has 0 aliphatic heterocycles. The van der Waals surface area contributed by atoms with Gasteiger partial charge in [0.2, 0.25) is 0 Å². The van der Waals surface area contributed by atoms with Gasteiger partial charge in [-0.3, -0.25) is 0 Å². The molecule has 2 rings (SSSR count). The van der Waals surface area contributed by atoms with E-state index in [1.54, 1.807) is 11.3 Å². The van der Waals surface area contributed by atoms with Crippen molar-refractivity contribution in [1.29, 1.82) is 0 Å². The van der Waals surface area contributed by atoms with Crippen molar-refractivity contribution < 1.29 is 0 Å². The molecule has 1 heterocycles. The molecule has 0 radical (unpaired) electrons. The van der Waals surface area contributed by atoms with E-state index in [4.69, 9.17) is 11.6 Å². The van der Waals surface area contributed by atoms with Crippen LogP contribution < -0.4 is 0 Å². The number of hydrogen-bond donors (Lipinski definition) is 0. The zero-order valence-electron chi connectivity index (χ0n) is 7.12. The van der Waals surface area contributed by atoms with Crippen LogP contribution in [0.4, 0.5) is 0 Å². The van der Waals surface area contributed by atoms with Gasteiger partial charge in [-0.1, -0.05) is 23.2 Å². The molecule has 1 aromatic heterocycles. The summed E-state index contributed by atoms with van der Waals surface area (Å²) in [6, 6.07) is 5.96. The summed E-state index contributed by atoms with van der Waals surface area (Å²) in [6.45, 7) is 2.05. The lowest BCUT2D eigenvalue weighted by atomic mass is 10.1. The summed E-state index contributed by atoms with van der Waals surface area (Å²) in [5, 5.41) is 2.76. The largest absolute Gasteiger partial charge is 0.245 e. The van der Waals surface area contributed by atoms with Gasteiger partial charge in [-0.25, -0.2) is 4.98 Å². The van der Waals surface area contributed by atoms with E-state index in [0.717, 1.165) is 16.3 Å². The van der Waals surface area contributed by atoms with Gasteiger partial charge in [-0.15, -0.1) is 11.3 Å². The van der Waals surface area contributed by atoms with Gasteiger partial charge in [0.05, 0.1) is 16.2 Å². The molecule has 0 N–H and O–H groups in total. The van der Waals surface area contributed by atoms with Crippen LogP contribution in [0.2, 0.25) is 5.02 Å². The van der Waals surface area contributed by atoms with Gasteiger partial charge in [-0.05, 0) is 19.1 Å². The Morgan fingerprint density at radius 3 is 2.92 bits per heavy atom. The Bertz CT molecular complexity index is 409. The predicted molar refractivity (Wildman–Crippen MR) is 57.3 cm³/mol. The molecule has 0 atom stereocenters. The first-order valence-electron chi connectivity index (χ1n) is 3.92. The molecule has 2 aromatic rings. The van der Waals surface area contributed by atoms with Crippen LogP contribution in [0.15, 0.2) is 29.1 Å². The standard InChI is InChI=1S/C10H8ClNS/c1-7-2-3-9(11)8(4-7)10-5-13-6-12-10/h2-6H,1H3. The highest BCUT2D eigenvalue weighted by Gasteiger charge is 2.04. The summed E-state index contributed by atoms with van der Waals surface area (Å²) in [5.74, 6) is 0. The minimum atomic E-state index is 0.761. The zero-order valence-corrected chi connectivity index (χ0v) is 8.69. The van der Waals surface area contributed by atoms with E-state index in [2.05, 4.69) is 11.1 Å². The van der Waals surface area contributed by atoms with E-state index in [-0.39, 0.29) is 0 Å². The molecule has 1 nitrogen and oxygen atoms in total. The van der Waals surface area contributed by atoms with E-state index in [1.807, 2.05) is 29.9 Å². The number of thiazole rings is 1. The first-order chi connectivity index (χ1) is 6.27. The second-order valence-electron chi connectivity index (χ2n) is 2.86. The van der Waals surface area contributed by atoms with Gasteiger partial charge in [0.1, 0.15) is 0 Å². The Labute approximate surface area is 86.0 Å². The van der Waals surface area contributed by atoms with Crippen LogP contribution in [0.3, 0.4) is 0 Å². The lowest BCUT2D eigenvalue weighted by Gasteiger charge is -2.01. The second kappa shape index (κ2) is 3.48. The maximum Gasteiger partial charge on any atom is 0.0826 e. The van der Waals surface area contributed by atoms with Crippen LogP contribution in [0.1, 0.15) is 5.56 Å². The van der Waals surface area contributed by atoms with Crippen molar-refractivity contribution in [2.24, 2.45) is 0 Å². The van der Waals surface area contributed by atoms with Crippen molar-refractivity contribution >= 4 is 22.9 Å².